The third-order valence-corrected chi connectivity index (χ3v) is 3.46. The highest BCUT2D eigenvalue weighted by Crippen LogP contribution is 2.48. The number of hydrogen-bond acceptors (Lipinski definition) is 2. The van der Waals surface area contributed by atoms with Crippen LogP contribution >= 0.6 is 0 Å². The molecular formula is C13H22N2O. The summed E-state index contributed by atoms with van der Waals surface area (Å²) in [5, 5.41) is 11.8. The second-order valence-corrected chi connectivity index (χ2v) is 5.32. The van der Waals surface area contributed by atoms with Crippen LogP contribution < -0.4 is 5.32 Å². The fraction of sp³-hybridized carbons (Fsp3) is 0.846. The number of hydrogen-bond donors (Lipinski definition) is 1. The molecule has 1 saturated carbocycles. The molecule has 0 aromatic heterocycles. The molecule has 0 aromatic rings. The predicted molar refractivity (Wildman–Crippen MR) is 63.5 cm³/mol. The Morgan fingerprint density at radius 2 is 2.12 bits per heavy atom. The Morgan fingerprint density at radius 3 is 2.50 bits per heavy atom. The lowest BCUT2D eigenvalue weighted by atomic mass is 9.95. The first kappa shape index (κ1) is 13.0. The van der Waals surface area contributed by atoms with Gasteiger partial charge in [0.15, 0.2) is 0 Å². The molecule has 0 aromatic carbocycles. The molecule has 16 heavy (non-hydrogen) atoms. The molecule has 0 spiro atoms. The zero-order valence-electron chi connectivity index (χ0n) is 10.5. The Bertz CT molecular complexity index is 287. The molecule has 1 rings (SSSR count). The summed E-state index contributed by atoms with van der Waals surface area (Å²) >= 11 is 0. The van der Waals surface area contributed by atoms with E-state index >= 15 is 0 Å². The molecule has 3 heteroatoms. The summed E-state index contributed by atoms with van der Waals surface area (Å²) in [6.45, 7) is 6.75. The van der Waals surface area contributed by atoms with Gasteiger partial charge in [-0.15, -0.1) is 0 Å². The lowest BCUT2D eigenvalue weighted by Gasteiger charge is -2.18. The minimum absolute atomic E-state index is 0.0892. The van der Waals surface area contributed by atoms with E-state index in [2.05, 4.69) is 18.3 Å². The summed E-state index contributed by atoms with van der Waals surface area (Å²) in [5.74, 6) is -0.511. The Labute approximate surface area is 98.2 Å². The third kappa shape index (κ3) is 3.23. The Hall–Kier alpha value is -1.04. The highest BCUT2D eigenvalue weighted by molar-refractivity contribution is 5.81. The van der Waals surface area contributed by atoms with Gasteiger partial charge in [-0.1, -0.05) is 27.2 Å². The Kier molecular flexibility index (Phi) is 4.35. The molecule has 0 aliphatic heterocycles. The first-order chi connectivity index (χ1) is 7.54. The molecule has 0 bridgehead atoms. The van der Waals surface area contributed by atoms with Crippen molar-refractivity contribution in [3.05, 3.63) is 0 Å². The maximum Gasteiger partial charge on any atom is 0.237 e. The maximum atomic E-state index is 11.8. The van der Waals surface area contributed by atoms with Gasteiger partial charge in [0.2, 0.25) is 5.91 Å². The van der Waals surface area contributed by atoms with Crippen molar-refractivity contribution in [2.24, 2.45) is 17.3 Å². The van der Waals surface area contributed by atoms with Crippen LogP contribution in [0.25, 0.3) is 0 Å². The van der Waals surface area contributed by atoms with E-state index in [1.54, 1.807) is 0 Å². The lowest BCUT2D eigenvalue weighted by molar-refractivity contribution is -0.124. The van der Waals surface area contributed by atoms with Crippen molar-refractivity contribution in [2.45, 2.75) is 46.5 Å². The molecule has 1 aliphatic carbocycles. The van der Waals surface area contributed by atoms with Crippen LogP contribution in [0.15, 0.2) is 0 Å². The second kappa shape index (κ2) is 5.34. The van der Waals surface area contributed by atoms with Gasteiger partial charge in [0.05, 0.1) is 6.07 Å². The monoisotopic (exact) mass is 222 g/mol. The van der Waals surface area contributed by atoms with Crippen LogP contribution in [0.4, 0.5) is 0 Å². The molecule has 0 radical (unpaired) electrons. The number of nitriles is 1. The summed E-state index contributed by atoms with van der Waals surface area (Å²) in [4.78, 5) is 11.8. The van der Waals surface area contributed by atoms with E-state index in [-0.39, 0.29) is 11.8 Å². The fourth-order valence-electron chi connectivity index (χ4n) is 2.12. The molecule has 0 saturated heterocycles. The van der Waals surface area contributed by atoms with Crippen molar-refractivity contribution in [3.8, 4) is 6.07 Å². The number of nitrogens with one attached hydrogen (secondary N) is 1. The van der Waals surface area contributed by atoms with Crippen LogP contribution in [0.3, 0.4) is 0 Å². The summed E-state index contributed by atoms with van der Waals surface area (Å²) in [6, 6.07) is 2.08. The van der Waals surface area contributed by atoms with Gasteiger partial charge in [0.25, 0.3) is 0 Å². The van der Waals surface area contributed by atoms with Gasteiger partial charge in [0.1, 0.15) is 5.92 Å². The average Bonchev–Trinajstić information content (AvgIpc) is 2.97. The van der Waals surface area contributed by atoms with Gasteiger partial charge in [-0.3, -0.25) is 4.79 Å². The van der Waals surface area contributed by atoms with Crippen LogP contribution in [0.5, 0.6) is 0 Å². The number of amides is 1. The SMILES string of the molecule is CCCC1(CNC(=O)C(C#N)C(C)C)CC1. The topological polar surface area (TPSA) is 52.9 Å². The Balaban J connectivity index is 2.38. The van der Waals surface area contributed by atoms with E-state index in [9.17, 15) is 4.79 Å². The van der Waals surface area contributed by atoms with Crippen molar-refractivity contribution >= 4 is 5.91 Å². The zero-order valence-corrected chi connectivity index (χ0v) is 10.5. The standard InChI is InChI=1S/C13H22N2O/c1-4-5-13(6-7-13)9-15-12(16)11(8-14)10(2)3/h10-11H,4-7,9H2,1-3H3,(H,15,16). The van der Waals surface area contributed by atoms with Crippen molar-refractivity contribution < 1.29 is 4.79 Å². The molecule has 1 unspecified atom stereocenters. The van der Waals surface area contributed by atoms with Crippen molar-refractivity contribution in [2.75, 3.05) is 6.54 Å². The van der Waals surface area contributed by atoms with E-state index in [0.717, 1.165) is 6.54 Å². The van der Waals surface area contributed by atoms with E-state index in [1.807, 2.05) is 13.8 Å². The van der Waals surface area contributed by atoms with Gasteiger partial charge in [0, 0.05) is 6.54 Å². The summed E-state index contributed by atoms with van der Waals surface area (Å²) in [5.41, 5.74) is 0.362. The number of carbonyl (C=O) groups excluding carboxylic acids is 1. The molecular weight excluding hydrogens is 200 g/mol. The van der Waals surface area contributed by atoms with E-state index < -0.39 is 5.92 Å². The minimum atomic E-state index is -0.502. The van der Waals surface area contributed by atoms with E-state index in [0.29, 0.717) is 5.41 Å². The Morgan fingerprint density at radius 1 is 1.50 bits per heavy atom. The van der Waals surface area contributed by atoms with Crippen molar-refractivity contribution in [3.63, 3.8) is 0 Å². The lowest BCUT2D eigenvalue weighted by Crippen LogP contribution is -2.36. The van der Waals surface area contributed by atoms with Crippen LogP contribution in [-0.4, -0.2) is 12.5 Å². The smallest absolute Gasteiger partial charge is 0.237 e. The van der Waals surface area contributed by atoms with Crippen LogP contribution in [0.2, 0.25) is 0 Å². The normalized spacial score (nSPS) is 18.9. The molecule has 0 heterocycles. The number of carbonyl (C=O) groups is 1. The van der Waals surface area contributed by atoms with Crippen molar-refractivity contribution in [1.29, 1.82) is 5.26 Å². The average molecular weight is 222 g/mol. The highest BCUT2D eigenvalue weighted by atomic mass is 16.1. The molecule has 90 valence electrons. The first-order valence-corrected chi connectivity index (χ1v) is 6.22. The van der Waals surface area contributed by atoms with Gasteiger partial charge in [-0.05, 0) is 30.6 Å². The van der Waals surface area contributed by atoms with Gasteiger partial charge < -0.3 is 5.32 Å². The molecule has 1 atom stereocenters. The molecule has 3 nitrogen and oxygen atoms in total. The van der Waals surface area contributed by atoms with Gasteiger partial charge in [-0.2, -0.15) is 5.26 Å². The van der Waals surface area contributed by atoms with Gasteiger partial charge in [-0.25, -0.2) is 0 Å². The first-order valence-electron chi connectivity index (χ1n) is 6.22. The van der Waals surface area contributed by atoms with Crippen molar-refractivity contribution in [1.82, 2.24) is 5.32 Å². The van der Waals surface area contributed by atoms with E-state index in [4.69, 9.17) is 5.26 Å². The van der Waals surface area contributed by atoms with Crippen LogP contribution in [-0.2, 0) is 4.79 Å². The highest BCUT2D eigenvalue weighted by Gasteiger charge is 2.41. The minimum Gasteiger partial charge on any atom is -0.354 e. The molecule has 1 N–H and O–H groups in total. The predicted octanol–water partition coefficient (Wildman–Crippen LogP) is 2.48. The van der Waals surface area contributed by atoms with E-state index in [1.165, 1.54) is 25.7 Å². The fourth-order valence-corrected chi connectivity index (χ4v) is 2.12. The molecule has 1 amide bonds. The second-order valence-electron chi connectivity index (χ2n) is 5.32. The summed E-state index contributed by atoms with van der Waals surface area (Å²) < 4.78 is 0. The largest absolute Gasteiger partial charge is 0.354 e. The van der Waals surface area contributed by atoms with Crippen LogP contribution in [0, 0.1) is 28.6 Å². The van der Waals surface area contributed by atoms with Gasteiger partial charge >= 0.3 is 0 Å². The molecule has 1 fully saturated rings. The molecule has 1 aliphatic rings. The zero-order chi connectivity index (χ0) is 12.2. The third-order valence-electron chi connectivity index (χ3n) is 3.46. The van der Waals surface area contributed by atoms with Crippen LogP contribution in [0.1, 0.15) is 46.5 Å². The number of rotatable bonds is 6. The quantitative estimate of drug-likeness (QED) is 0.750. The maximum absolute atomic E-state index is 11.8. The summed E-state index contributed by atoms with van der Waals surface area (Å²) in [6.07, 6.45) is 4.80. The summed E-state index contributed by atoms with van der Waals surface area (Å²) in [7, 11) is 0. The number of nitrogens with zero attached hydrogens (tertiary/aromatic N) is 1.